The molecule has 1 N–H and O–H groups in total. The van der Waals surface area contributed by atoms with Crippen molar-refractivity contribution < 1.29 is 0 Å². The van der Waals surface area contributed by atoms with E-state index in [2.05, 4.69) is 25.2 Å². The molecule has 1 saturated carbocycles. The fraction of sp³-hybridized carbons (Fsp3) is 0.571. The van der Waals surface area contributed by atoms with Gasteiger partial charge in [-0.3, -0.25) is 0 Å². The minimum absolute atomic E-state index is 0.219. The summed E-state index contributed by atoms with van der Waals surface area (Å²) in [6, 6.07) is 5.89. The molecule has 2 rings (SSSR count). The van der Waals surface area contributed by atoms with Crippen LogP contribution in [0.5, 0.6) is 0 Å². The van der Waals surface area contributed by atoms with Gasteiger partial charge in [-0.15, -0.1) is 0 Å². The number of rotatable bonds is 4. The Morgan fingerprint density at radius 2 is 2.06 bits per heavy atom. The Morgan fingerprint density at radius 3 is 2.59 bits per heavy atom. The maximum atomic E-state index is 6.34. The fourth-order valence-electron chi connectivity index (χ4n) is 3.02. The van der Waals surface area contributed by atoms with E-state index in [4.69, 9.17) is 23.2 Å². The number of benzene rings is 1. The fourth-order valence-corrected chi connectivity index (χ4v) is 3.63. The highest BCUT2D eigenvalue weighted by molar-refractivity contribution is 6.35. The third-order valence-corrected chi connectivity index (χ3v) is 4.24. The minimum Gasteiger partial charge on any atom is -0.316 e. The van der Waals surface area contributed by atoms with Crippen LogP contribution < -0.4 is 5.32 Å². The lowest BCUT2D eigenvalue weighted by atomic mass is 9.59. The van der Waals surface area contributed by atoms with Gasteiger partial charge in [0.15, 0.2) is 0 Å². The van der Waals surface area contributed by atoms with Gasteiger partial charge in [0.1, 0.15) is 0 Å². The van der Waals surface area contributed by atoms with E-state index in [0.717, 1.165) is 24.0 Å². The first-order valence-electron chi connectivity index (χ1n) is 6.23. The van der Waals surface area contributed by atoms with Gasteiger partial charge in [-0.25, -0.2) is 0 Å². The van der Waals surface area contributed by atoms with Crippen LogP contribution in [0.1, 0.15) is 32.3 Å². The third-order valence-electron chi connectivity index (χ3n) is 3.69. The lowest BCUT2D eigenvalue weighted by Gasteiger charge is -2.47. The Morgan fingerprint density at radius 1 is 1.35 bits per heavy atom. The Kier molecular flexibility index (Phi) is 4.02. The van der Waals surface area contributed by atoms with E-state index in [1.807, 2.05) is 12.1 Å². The van der Waals surface area contributed by atoms with E-state index >= 15 is 0 Å². The Hall–Kier alpha value is -0.240. The van der Waals surface area contributed by atoms with Crippen molar-refractivity contribution in [3.05, 3.63) is 33.8 Å². The molecular weight excluding hydrogens is 253 g/mol. The molecule has 1 fully saturated rings. The Labute approximate surface area is 114 Å². The van der Waals surface area contributed by atoms with Gasteiger partial charge >= 0.3 is 0 Å². The first kappa shape index (κ1) is 13.2. The zero-order chi connectivity index (χ0) is 12.5. The standard InChI is InChI=1S/C14H19Cl2N/c1-3-17-9-14(7-10(2)8-14)12-5-4-11(15)6-13(12)16/h4-6,10,17H,3,7-9H2,1-2H3. The van der Waals surface area contributed by atoms with Crippen LogP contribution >= 0.6 is 23.2 Å². The lowest BCUT2D eigenvalue weighted by Crippen LogP contribution is -2.48. The first-order chi connectivity index (χ1) is 8.07. The molecule has 1 aromatic rings. The lowest BCUT2D eigenvalue weighted by molar-refractivity contribution is 0.153. The van der Waals surface area contributed by atoms with Crippen LogP contribution in [0.4, 0.5) is 0 Å². The summed E-state index contributed by atoms with van der Waals surface area (Å²) in [5.74, 6) is 0.792. The topological polar surface area (TPSA) is 12.0 Å². The number of likely N-dealkylation sites (N-methyl/N-ethyl adjacent to an activating group) is 1. The minimum atomic E-state index is 0.219. The highest BCUT2D eigenvalue weighted by Crippen LogP contribution is 2.49. The number of nitrogens with one attached hydrogen (secondary N) is 1. The van der Waals surface area contributed by atoms with E-state index < -0.39 is 0 Å². The molecule has 0 bridgehead atoms. The normalized spacial score (nSPS) is 27.9. The molecule has 3 heteroatoms. The summed E-state index contributed by atoms with van der Waals surface area (Å²) >= 11 is 12.3. The maximum Gasteiger partial charge on any atom is 0.0458 e. The number of halogens is 2. The van der Waals surface area contributed by atoms with Crippen LogP contribution in [-0.4, -0.2) is 13.1 Å². The Bertz CT molecular complexity index is 397. The average Bonchev–Trinajstić information content (AvgIpc) is 2.23. The molecule has 1 nitrogen and oxygen atoms in total. The van der Waals surface area contributed by atoms with E-state index in [1.54, 1.807) is 0 Å². The highest BCUT2D eigenvalue weighted by Gasteiger charge is 2.43. The molecular formula is C14H19Cl2N. The quantitative estimate of drug-likeness (QED) is 0.863. The van der Waals surface area contributed by atoms with E-state index in [0.29, 0.717) is 5.02 Å². The summed E-state index contributed by atoms with van der Waals surface area (Å²) in [4.78, 5) is 0. The summed E-state index contributed by atoms with van der Waals surface area (Å²) < 4.78 is 0. The summed E-state index contributed by atoms with van der Waals surface area (Å²) in [6.45, 7) is 6.45. The highest BCUT2D eigenvalue weighted by atomic mass is 35.5. The van der Waals surface area contributed by atoms with Crippen LogP contribution in [-0.2, 0) is 5.41 Å². The van der Waals surface area contributed by atoms with Crippen molar-refractivity contribution in [2.45, 2.75) is 32.1 Å². The second kappa shape index (κ2) is 5.17. The van der Waals surface area contributed by atoms with Crippen molar-refractivity contribution in [1.82, 2.24) is 5.32 Å². The second-order valence-corrected chi connectivity index (χ2v) is 6.04. The predicted octanol–water partition coefficient (Wildman–Crippen LogP) is 4.27. The molecule has 1 aromatic carbocycles. The van der Waals surface area contributed by atoms with E-state index in [9.17, 15) is 0 Å². The maximum absolute atomic E-state index is 6.34. The van der Waals surface area contributed by atoms with Gasteiger partial charge in [-0.05, 0) is 43.0 Å². The van der Waals surface area contributed by atoms with Crippen molar-refractivity contribution in [3.8, 4) is 0 Å². The molecule has 1 aliphatic carbocycles. The SMILES string of the molecule is CCNCC1(c2ccc(Cl)cc2Cl)CC(C)C1. The van der Waals surface area contributed by atoms with Crippen LogP contribution in [0.25, 0.3) is 0 Å². The van der Waals surface area contributed by atoms with Crippen LogP contribution in [0.2, 0.25) is 10.0 Å². The second-order valence-electron chi connectivity index (χ2n) is 5.20. The number of hydrogen-bond donors (Lipinski definition) is 1. The van der Waals surface area contributed by atoms with Gasteiger partial charge in [0.2, 0.25) is 0 Å². The predicted molar refractivity (Wildman–Crippen MR) is 75.1 cm³/mol. The molecule has 0 heterocycles. The van der Waals surface area contributed by atoms with Crippen molar-refractivity contribution in [2.24, 2.45) is 5.92 Å². The monoisotopic (exact) mass is 271 g/mol. The molecule has 94 valence electrons. The average molecular weight is 272 g/mol. The molecule has 0 amide bonds. The van der Waals surface area contributed by atoms with Crippen molar-refractivity contribution in [2.75, 3.05) is 13.1 Å². The van der Waals surface area contributed by atoms with Crippen molar-refractivity contribution in [1.29, 1.82) is 0 Å². The molecule has 0 saturated heterocycles. The Balaban J connectivity index is 2.26. The molecule has 0 radical (unpaired) electrons. The summed E-state index contributed by atoms with van der Waals surface area (Å²) in [6.07, 6.45) is 2.42. The van der Waals surface area contributed by atoms with Crippen molar-refractivity contribution >= 4 is 23.2 Å². The molecule has 17 heavy (non-hydrogen) atoms. The van der Waals surface area contributed by atoms with Gasteiger partial charge in [0.05, 0.1) is 0 Å². The zero-order valence-electron chi connectivity index (χ0n) is 10.4. The van der Waals surface area contributed by atoms with Gasteiger partial charge in [-0.2, -0.15) is 0 Å². The molecule has 1 aliphatic rings. The molecule has 0 spiro atoms. The van der Waals surface area contributed by atoms with Gasteiger partial charge in [0.25, 0.3) is 0 Å². The van der Waals surface area contributed by atoms with E-state index in [-0.39, 0.29) is 5.41 Å². The van der Waals surface area contributed by atoms with E-state index in [1.165, 1.54) is 18.4 Å². The number of hydrogen-bond acceptors (Lipinski definition) is 1. The first-order valence-corrected chi connectivity index (χ1v) is 6.99. The van der Waals surface area contributed by atoms with Gasteiger partial charge in [-0.1, -0.05) is 43.1 Å². The molecule has 0 aliphatic heterocycles. The van der Waals surface area contributed by atoms with Crippen molar-refractivity contribution in [3.63, 3.8) is 0 Å². The van der Waals surface area contributed by atoms with Gasteiger partial charge < -0.3 is 5.32 Å². The molecule has 0 atom stereocenters. The third kappa shape index (κ3) is 2.62. The summed E-state index contributed by atoms with van der Waals surface area (Å²) in [5.41, 5.74) is 1.47. The largest absolute Gasteiger partial charge is 0.316 e. The summed E-state index contributed by atoms with van der Waals surface area (Å²) in [5, 5.41) is 4.98. The van der Waals surface area contributed by atoms with Crippen LogP contribution in [0, 0.1) is 5.92 Å². The molecule has 0 unspecified atom stereocenters. The van der Waals surface area contributed by atoms with Gasteiger partial charge in [0, 0.05) is 22.0 Å². The smallest absolute Gasteiger partial charge is 0.0458 e. The van der Waals surface area contributed by atoms with Crippen LogP contribution in [0.15, 0.2) is 18.2 Å². The summed E-state index contributed by atoms with van der Waals surface area (Å²) in [7, 11) is 0. The zero-order valence-corrected chi connectivity index (χ0v) is 11.9. The molecule has 0 aromatic heterocycles. The van der Waals surface area contributed by atoms with Crippen LogP contribution in [0.3, 0.4) is 0 Å².